The maximum atomic E-state index is 11.5. The fourth-order valence-corrected chi connectivity index (χ4v) is 1.08. The number of nitrogens with zero attached hydrogens (tertiary/aromatic N) is 3. The van der Waals surface area contributed by atoms with Gasteiger partial charge in [0, 0.05) is 20.6 Å². The summed E-state index contributed by atoms with van der Waals surface area (Å²) in [6.07, 6.45) is 0. The van der Waals surface area contributed by atoms with E-state index in [9.17, 15) is 4.79 Å². The number of amides is 1. The first-order valence-corrected chi connectivity index (χ1v) is 5.30. The van der Waals surface area contributed by atoms with E-state index in [4.69, 9.17) is 0 Å². The molecule has 0 fully saturated rings. The topological polar surface area (TPSA) is 58.1 Å². The SMILES string of the molecule is CC(C)CNc1ccc(C(=O)N(C)C)nn1. The lowest BCUT2D eigenvalue weighted by Gasteiger charge is -2.10. The molecule has 88 valence electrons. The normalized spacial score (nSPS) is 10.3. The van der Waals surface area contributed by atoms with Crippen molar-refractivity contribution in [1.82, 2.24) is 15.1 Å². The van der Waals surface area contributed by atoms with Crippen LogP contribution in [0.4, 0.5) is 5.82 Å². The Morgan fingerprint density at radius 2 is 2.06 bits per heavy atom. The summed E-state index contributed by atoms with van der Waals surface area (Å²) in [5.74, 6) is 1.11. The second-order valence-corrected chi connectivity index (χ2v) is 4.28. The van der Waals surface area contributed by atoms with Crippen LogP contribution in [0.3, 0.4) is 0 Å². The first-order chi connectivity index (χ1) is 7.50. The van der Waals surface area contributed by atoms with E-state index in [1.165, 1.54) is 4.90 Å². The second kappa shape index (κ2) is 5.44. The zero-order valence-corrected chi connectivity index (χ0v) is 10.2. The molecular formula is C11H18N4O. The molecule has 0 aromatic carbocycles. The standard InChI is InChI=1S/C11H18N4O/c1-8(2)7-12-10-6-5-9(13-14-10)11(16)15(3)4/h5-6,8H,7H2,1-4H3,(H,12,14). The summed E-state index contributed by atoms with van der Waals surface area (Å²) in [5.41, 5.74) is 0.361. The van der Waals surface area contributed by atoms with Crippen LogP contribution in [0.15, 0.2) is 12.1 Å². The molecule has 0 spiro atoms. The predicted molar refractivity (Wildman–Crippen MR) is 63.4 cm³/mol. The molecule has 0 aliphatic heterocycles. The highest BCUT2D eigenvalue weighted by Crippen LogP contribution is 2.04. The van der Waals surface area contributed by atoms with Gasteiger partial charge in [-0.05, 0) is 18.1 Å². The molecule has 5 heteroatoms. The molecule has 1 amide bonds. The molecule has 1 heterocycles. The molecule has 0 unspecified atom stereocenters. The average Bonchev–Trinajstić information content (AvgIpc) is 2.26. The number of hydrogen-bond donors (Lipinski definition) is 1. The molecule has 0 aliphatic carbocycles. The molecule has 1 rings (SSSR count). The fourth-order valence-electron chi connectivity index (χ4n) is 1.08. The van der Waals surface area contributed by atoms with Crippen molar-refractivity contribution >= 4 is 11.7 Å². The van der Waals surface area contributed by atoms with Crippen molar-refractivity contribution in [1.29, 1.82) is 0 Å². The Labute approximate surface area is 95.9 Å². The molecular weight excluding hydrogens is 204 g/mol. The fraction of sp³-hybridized carbons (Fsp3) is 0.545. The monoisotopic (exact) mass is 222 g/mol. The van der Waals surface area contributed by atoms with Crippen LogP contribution >= 0.6 is 0 Å². The van der Waals surface area contributed by atoms with Crippen LogP contribution in [0, 0.1) is 5.92 Å². The molecule has 0 saturated heterocycles. The summed E-state index contributed by atoms with van der Waals surface area (Å²) < 4.78 is 0. The number of aromatic nitrogens is 2. The van der Waals surface area contributed by atoms with Crippen LogP contribution in [0.2, 0.25) is 0 Å². The summed E-state index contributed by atoms with van der Waals surface area (Å²) in [5, 5.41) is 11.0. The summed E-state index contributed by atoms with van der Waals surface area (Å²) in [4.78, 5) is 13.0. The van der Waals surface area contributed by atoms with Crippen LogP contribution in [-0.2, 0) is 0 Å². The minimum Gasteiger partial charge on any atom is -0.368 e. The quantitative estimate of drug-likeness (QED) is 0.833. The highest BCUT2D eigenvalue weighted by molar-refractivity contribution is 5.91. The molecule has 0 aliphatic rings. The summed E-state index contributed by atoms with van der Waals surface area (Å²) in [6.45, 7) is 5.07. The Morgan fingerprint density at radius 3 is 2.50 bits per heavy atom. The lowest BCUT2D eigenvalue weighted by Crippen LogP contribution is -2.23. The first-order valence-electron chi connectivity index (χ1n) is 5.30. The number of rotatable bonds is 4. The molecule has 0 saturated carbocycles. The van der Waals surface area contributed by atoms with E-state index in [1.807, 2.05) is 0 Å². The van der Waals surface area contributed by atoms with Gasteiger partial charge in [-0.25, -0.2) is 0 Å². The van der Waals surface area contributed by atoms with E-state index in [1.54, 1.807) is 26.2 Å². The van der Waals surface area contributed by atoms with Crippen molar-refractivity contribution < 1.29 is 4.79 Å². The second-order valence-electron chi connectivity index (χ2n) is 4.28. The van der Waals surface area contributed by atoms with E-state index in [0.29, 0.717) is 17.4 Å². The third-order valence-corrected chi connectivity index (χ3v) is 1.98. The van der Waals surface area contributed by atoms with Gasteiger partial charge in [0.05, 0.1) is 0 Å². The third-order valence-electron chi connectivity index (χ3n) is 1.98. The Bertz CT molecular complexity index is 346. The van der Waals surface area contributed by atoms with Gasteiger partial charge < -0.3 is 10.2 Å². The average molecular weight is 222 g/mol. The van der Waals surface area contributed by atoms with E-state index < -0.39 is 0 Å². The number of carbonyl (C=O) groups excluding carboxylic acids is 1. The van der Waals surface area contributed by atoms with Gasteiger partial charge in [-0.3, -0.25) is 4.79 Å². The van der Waals surface area contributed by atoms with E-state index >= 15 is 0 Å². The Hall–Kier alpha value is -1.65. The maximum absolute atomic E-state index is 11.5. The van der Waals surface area contributed by atoms with E-state index in [0.717, 1.165) is 6.54 Å². The van der Waals surface area contributed by atoms with E-state index in [-0.39, 0.29) is 5.91 Å². The largest absolute Gasteiger partial charge is 0.368 e. The van der Waals surface area contributed by atoms with Gasteiger partial charge >= 0.3 is 0 Å². The molecule has 0 bridgehead atoms. The maximum Gasteiger partial charge on any atom is 0.273 e. The summed E-state index contributed by atoms with van der Waals surface area (Å²) in [7, 11) is 3.38. The van der Waals surface area contributed by atoms with Crippen LogP contribution in [0.1, 0.15) is 24.3 Å². The van der Waals surface area contributed by atoms with Crippen molar-refractivity contribution in [2.75, 3.05) is 26.0 Å². The van der Waals surface area contributed by atoms with Gasteiger partial charge in [-0.15, -0.1) is 10.2 Å². The molecule has 1 aromatic rings. The predicted octanol–water partition coefficient (Wildman–Crippen LogP) is 1.25. The van der Waals surface area contributed by atoms with Gasteiger partial charge in [-0.2, -0.15) is 0 Å². The number of hydrogen-bond acceptors (Lipinski definition) is 4. The zero-order valence-electron chi connectivity index (χ0n) is 10.2. The number of nitrogens with one attached hydrogen (secondary N) is 1. The molecule has 0 atom stereocenters. The van der Waals surface area contributed by atoms with E-state index in [2.05, 4.69) is 29.4 Å². The summed E-state index contributed by atoms with van der Waals surface area (Å²) >= 11 is 0. The smallest absolute Gasteiger partial charge is 0.273 e. The number of anilines is 1. The minimum atomic E-state index is -0.136. The first kappa shape index (κ1) is 12.4. The van der Waals surface area contributed by atoms with Gasteiger partial charge in [0.2, 0.25) is 0 Å². The zero-order chi connectivity index (χ0) is 12.1. The Balaban J connectivity index is 2.64. The van der Waals surface area contributed by atoms with Crippen LogP contribution in [-0.4, -0.2) is 41.6 Å². The van der Waals surface area contributed by atoms with Crippen molar-refractivity contribution in [2.24, 2.45) is 5.92 Å². The van der Waals surface area contributed by atoms with Crippen molar-refractivity contribution in [2.45, 2.75) is 13.8 Å². The minimum absolute atomic E-state index is 0.136. The van der Waals surface area contributed by atoms with Gasteiger partial charge in [0.1, 0.15) is 5.82 Å². The molecule has 16 heavy (non-hydrogen) atoms. The van der Waals surface area contributed by atoms with Crippen LogP contribution in [0.25, 0.3) is 0 Å². The number of carbonyl (C=O) groups is 1. The van der Waals surface area contributed by atoms with Gasteiger partial charge in [-0.1, -0.05) is 13.8 Å². The molecule has 0 radical (unpaired) electrons. The highest BCUT2D eigenvalue weighted by Gasteiger charge is 2.09. The molecule has 1 aromatic heterocycles. The highest BCUT2D eigenvalue weighted by atomic mass is 16.2. The Kier molecular flexibility index (Phi) is 4.22. The van der Waals surface area contributed by atoms with Crippen molar-refractivity contribution in [3.63, 3.8) is 0 Å². The summed E-state index contributed by atoms with van der Waals surface area (Å²) in [6, 6.07) is 3.45. The Morgan fingerprint density at radius 1 is 1.38 bits per heavy atom. The van der Waals surface area contributed by atoms with Crippen molar-refractivity contribution in [3.05, 3.63) is 17.8 Å². The van der Waals surface area contributed by atoms with Crippen molar-refractivity contribution in [3.8, 4) is 0 Å². The van der Waals surface area contributed by atoms with Gasteiger partial charge in [0.15, 0.2) is 5.69 Å². The van der Waals surface area contributed by atoms with Gasteiger partial charge in [0.25, 0.3) is 5.91 Å². The third kappa shape index (κ3) is 3.49. The molecule has 5 nitrogen and oxygen atoms in total. The lowest BCUT2D eigenvalue weighted by atomic mass is 10.2. The van der Waals surface area contributed by atoms with Crippen LogP contribution < -0.4 is 5.32 Å². The molecule has 1 N–H and O–H groups in total. The van der Waals surface area contributed by atoms with Crippen LogP contribution in [0.5, 0.6) is 0 Å². The lowest BCUT2D eigenvalue weighted by molar-refractivity contribution is 0.0821.